The van der Waals surface area contributed by atoms with Gasteiger partial charge in [-0.25, -0.2) is 0 Å². The Hall–Kier alpha value is -0.200. The highest BCUT2D eigenvalue weighted by Crippen LogP contribution is 2.37. The van der Waals surface area contributed by atoms with Crippen LogP contribution >= 0.6 is 28.7 Å². The number of ketones is 1. The van der Waals surface area contributed by atoms with Crippen LogP contribution in [0.3, 0.4) is 0 Å². The largest absolute Gasteiger partial charge is 0.501 e. The van der Waals surface area contributed by atoms with Gasteiger partial charge in [-0.1, -0.05) is 18.7 Å². The molecule has 4 nitrogen and oxygen atoms in total. The molecule has 2 atom stereocenters. The van der Waals surface area contributed by atoms with E-state index >= 15 is 0 Å². The molecule has 1 aliphatic rings. The highest BCUT2D eigenvalue weighted by atomic mass is 79.9. The molecule has 0 bridgehead atoms. The average molecular weight is 342 g/mol. The fraction of sp³-hybridized carbons (Fsp3) is 0.750. The number of nitrogens with zero attached hydrogens (tertiary/aromatic N) is 1. The summed E-state index contributed by atoms with van der Waals surface area (Å²) in [5.74, 6) is -0.185. The van der Waals surface area contributed by atoms with Gasteiger partial charge in [0.15, 0.2) is 10.9 Å². The Bertz CT molecular complexity index is 295. The van der Waals surface area contributed by atoms with Crippen molar-refractivity contribution in [2.75, 3.05) is 6.54 Å². The Balaban J connectivity index is 0. The summed E-state index contributed by atoms with van der Waals surface area (Å²) in [7, 11) is 0. The summed E-state index contributed by atoms with van der Waals surface area (Å²) in [6.07, 6.45) is 0.296. The van der Waals surface area contributed by atoms with Crippen molar-refractivity contribution in [3.8, 4) is 0 Å². The third-order valence-corrected chi connectivity index (χ3v) is 3.99. The molecule has 1 rings (SSSR count). The maximum Gasteiger partial charge on any atom is 0.171 e. The fourth-order valence-electron chi connectivity index (χ4n) is 1.36. The summed E-state index contributed by atoms with van der Waals surface area (Å²) in [5, 5.41) is 18.6. The molecule has 18 heavy (non-hydrogen) atoms. The van der Waals surface area contributed by atoms with E-state index in [2.05, 4.69) is 18.7 Å². The van der Waals surface area contributed by atoms with Gasteiger partial charge in [-0.3, -0.25) is 4.79 Å². The Kier molecular flexibility index (Phi) is 10.8. The number of aliphatic hydroxyl groups is 2. The third-order valence-electron chi connectivity index (χ3n) is 2.61. The first kappa shape index (κ1) is 20.1. The summed E-state index contributed by atoms with van der Waals surface area (Å²) >= 11 is 1.57. The SMILES string of the molecule is Br.CC(=O)C(C)O.CCC1SC(O)=C(C)N1CC. The molecule has 1 aliphatic heterocycles. The zero-order chi connectivity index (χ0) is 13.6. The molecule has 6 heteroatoms. The maximum atomic E-state index is 9.89. The molecule has 0 saturated heterocycles. The van der Waals surface area contributed by atoms with E-state index < -0.39 is 6.10 Å². The van der Waals surface area contributed by atoms with E-state index in [-0.39, 0.29) is 22.8 Å². The van der Waals surface area contributed by atoms with Crippen molar-refractivity contribution in [3.05, 3.63) is 10.8 Å². The highest BCUT2D eigenvalue weighted by Gasteiger charge is 2.27. The lowest BCUT2D eigenvalue weighted by atomic mass is 10.3. The number of carbonyl (C=O) groups excluding carboxylic acids is 1. The number of hydrogen-bond donors (Lipinski definition) is 2. The van der Waals surface area contributed by atoms with Gasteiger partial charge in [0.05, 0.1) is 11.1 Å². The minimum atomic E-state index is -0.787. The smallest absolute Gasteiger partial charge is 0.171 e. The van der Waals surface area contributed by atoms with E-state index in [1.54, 1.807) is 11.8 Å². The Morgan fingerprint density at radius 2 is 1.94 bits per heavy atom. The number of aliphatic hydroxyl groups excluding tert-OH is 2. The molecule has 0 spiro atoms. The van der Waals surface area contributed by atoms with Crippen LogP contribution in [0.2, 0.25) is 0 Å². The van der Waals surface area contributed by atoms with E-state index in [0.29, 0.717) is 10.5 Å². The number of halogens is 1. The van der Waals surface area contributed by atoms with Crippen molar-refractivity contribution in [3.63, 3.8) is 0 Å². The monoisotopic (exact) mass is 341 g/mol. The van der Waals surface area contributed by atoms with Gasteiger partial charge >= 0.3 is 0 Å². The number of carbonyl (C=O) groups is 1. The van der Waals surface area contributed by atoms with E-state index in [4.69, 9.17) is 5.11 Å². The molecule has 0 radical (unpaired) electrons. The van der Waals surface area contributed by atoms with E-state index in [1.807, 2.05) is 6.92 Å². The maximum absolute atomic E-state index is 9.89. The van der Waals surface area contributed by atoms with Crippen LogP contribution in [-0.4, -0.2) is 38.9 Å². The number of allylic oxidation sites excluding steroid dienone is 1. The van der Waals surface area contributed by atoms with Crippen LogP contribution in [0.25, 0.3) is 0 Å². The fourth-order valence-corrected chi connectivity index (χ4v) is 2.51. The van der Waals surface area contributed by atoms with Gasteiger partial charge in [0.2, 0.25) is 0 Å². The molecule has 0 saturated carbocycles. The molecule has 0 aliphatic carbocycles. The highest BCUT2D eigenvalue weighted by molar-refractivity contribution is 8.93. The van der Waals surface area contributed by atoms with Crippen molar-refractivity contribution in [1.82, 2.24) is 4.90 Å². The first-order valence-electron chi connectivity index (χ1n) is 5.86. The molecule has 108 valence electrons. The molecule has 2 unspecified atom stereocenters. The number of rotatable bonds is 3. The molecular weight excluding hydrogens is 318 g/mol. The van der Waals surface area contributed by atoms with Crippen molar-refractivity contribution in [2.45, 2.75) is 52.5 Å². The second-order valence-electron chi connectivity index (χ2n) is 3.94. The van der Waals surface area contributed by atoms with Crippen LogP contribution in [-0.2, 0) is 4.79 Å². The molecular formula is C12H24BrNO3S. The first-order valence-corrected chi connectivity index (χ1v) is 6.74. The summed E-state index contributed by atoms with van der Waals surface area (Å²) in [6, 6.07) is 0. The zero-order valence-corrected chi connectivity index (χ0v) is 14.2. The predicted molar refractivity (Wildman–Crippen MR) is 82.1 cm³/mol. The Labute approximate surface area is 124 Å². The molecule has 1 heterocycles. The van der Waals surface area contributed by atoms with Gasteiger partial charge in [0, 0.05) is 6.54 Å². The Morgan fingerprint density at radius 1 is 1.50 bits per heavy atom. The van der Waals surface area contributed by atoms with Crippen LogP contribution in [0, 0.1) is 0 Å². The molecule has 0 amide bonds. The van der Waals surface area contributed by atoms with Gasteiger partial charge in [-0.05, 0) is 34.1 Å². The van der Waals surface area contributed by atoms with Gasteiger partial charge in [-0.2, -0.15) is 0 Å². The van der Waals surface area contributed by atoms with Gasteiger partial charge in [-0.15, -0.1) is 17.0 Å². The summed E-state index contributed by atoms with van der Waals surface area (Å²) in [5.41, 5.74) is 1.03. The molecule has 0 aromatic heterocycles. The number of Topliss-reactive ketones (excluding diaryl/α,β-unsaturated/α-hetero) is 1. The van der Waals surface area contributed by atoms with E-state index in [1.165, 1.54) is 13.8 Å². The normalized spacial score (nSPS) is 19.9. The van der Waals surface area contributed by atoms with Crippen molar-refractivity contribution in [1.29, 1.82) is 0 Å². The minimum Gasteiger partial charge on any atom is -0.501 e. The average Bonchev–Trinajstić information content (AvgIpc) is 2.55. The van der Waals surface area contributed by atoms with E-state index in [0.717, 1.165) is 18.7 Å². The second kappa shape index (κ2) is 9.69. The van der Waals surface area contributed by atoms with Gasteiger partial charge in [0.1, 0.15) is 6.10 Å². The van der Waals surface area contributed by atoms with Crippen LogP contribution in [0.5, 0.6) is 0 Å². The quantitative estimate of drug-likeness (QED) is 0.825. The summed E-state index contributed by atoms with van der Waals surface area (Å²) < 4.78 is 0. The summed E-state index contributed by atoms with van der Waals surface area (Å²) in [4.78, 5) is 12.1. The van der Waals surface area contributed by atoms with Crippen LogP contribution in [0.1, 0.15) is 41.0 Å². The first-order chi connectivity index (χ1) is 7.84. The van der Waals surface area contributed by atoms with Gasteiger partial charge in [0.25, 0.3) is 0 Å². The van der Waals surface area contributed by atoms with E-state index in [9.17, 15) is 9.90 Å². The number of hydrogen-bond acceptors (Lipinski definition) is 5. The Morgan fingerprint density at radius 3 is 2.17 bits per heavy atom. The summed E-state index contributed by atoms with van der Waals surface area (Å²) in [6.45, 7) is 10.0. The van der Waals surface area contributed by atoms with Crippen LogP contribution in [0.4, 0.5) is 0 Å². The van der Waals surface area contributed by atoms with Crippen LogP contribution < -0.4 is 0 Å². The third kappa shape index (κ3) is 6.11. The van der Waals surface area contributed by atoms with Crippen molar-refractivity contribution < 1.29 is 15.0 Å². The molecule has 0 fully saturated rings. The molecule has 2 N–H and O–H groups in total. The lowest BCUT2D eigenvalue weighted by Crippen LogP contribution is -2.26. The lowest BCUT2D eigenvalue weighted by Gasteiger charge is -2.23. The molecule has 0 aromatic carbocycles. The van der Waals surface area contributed by atoms with Crippen LogP contribution in [0.15, 0.2) is 10.8 Å². The topological polar surface area (TPSA) is 60.8 Å². The standard InChI is InChI=1S/C8H15NOS.C4H8O2.BrH/c1-4-7-9(5-2)6(3)8(10)11-7;1-3(5)4(2)6;/h7,10H,4-5H2,1-3H3;3,5H,1-2H3;1H. The predicted octanol–water partition coefficient (Wildman–Crippen LogP) is 3.07. The lowest BCUT2D eigenvalue weighted by molar-refractivity contribution is -0.124. The van der Waals surface area contributed by atoms with Crippen molar-refractivity contribution >= 4 is 34.5 Å². The van der Waals surface area contributed by atoms with Crippen molar-refractivity contribution in [2.24, 2.45) is 0 Å². The zero-order valence-electron chi connectivity index (χ0n) is 11.6. The minimum absolute atomic E-state index is 0. The molecule has 0 aromatic rings. The number of thioether (sulfide) groups is 1. The second-order valence-corrected chi connectivity index (χ2v) is 5.11. The van der Waals surface area contributed by atoms with Gasteiger partial charge < -0.3 is 15.1 Å².